The normalized spacial score (nSPS) is 14.4. The first-order valence-corrected chi connectivity index (χ1v) is 7.37. The van der Waals surface area contributed by atoms with E-state index in [1.165, 1.54) is 18.4 Å². The Balaban J connectivity index is 1.61. The minimum absolute atomic E-state index is 0.0306. The lowest BCUT2D eigenvalue weighted by Gasteiger charge is -2.15. The molecule has 2 N–H and O–H groups in total. The summed E-state index contributed by atoms with van der Waals surface area (Å²) in [5.41, 5.74) is 4.87. The fourth-order valence-corrected chi connectivity index (χ4v) is 2.57. The third-order valence-corrected chi connectivity index (χ3v) is 4.16. The van der Waals surface area contributed by atoms with Gasteiger partial charge in [-0.3, -0.25) is 15.0 Å². The molecule has 21 heavy (non-hydrogen) atoms. The molecule has 0 aliphatic heterocycles. The van der Waals surface area contributed by atoms with Crippen LogP contribution in [0.5, 0.6) is 0 Å². The highest BCUT2D eigenvalue weighted by atomic mass is 16.2. The fourth-order valence-electron chi connectivity index (χ4n) is 2.57. The number of H-pyrrole nitrogens is 2. The molecule has 0 atom stereocenters. The topological polar surface area (TPSA) is 77.7 Å². The summed E-state index contributed by atoms with van der Waals surface area (Å²) in [5.74, 6) is 0.553. The maximum Gasteiger partial charge on any atom is 0.274 e. The van der Waals surface area contributed by atoms with Crippen LogP contribution in [0.3, 0.4) is 0 Å². The van der Waals surface area contributed by atoms with Crippen LogP contribution in [-0.2, 0) is 6.42 Å². The molecule has 2 aromatic rings. The molecule has 1 aliphatic rings. The van der Waals surface area contributed by atoms with Gasteiger partial charge in [-0.2, -0.15) is 10.2 Å². The van der Waals surface area contributed by atoms with Crippen LogP contribution < -0.4 is 0 Å². The van der Waals surface area contributed by atoms with Crippen molar-refractivity contribution in [1.82, 2.24) is 25.3 Å². The summed E-state index contributed by atoms with van der Waals surface area (Å²) in [6.07, 6.45) is 3.20. The van der Waals surface area contributed by atoms with Crippen molar-refractivity contribution >= 4 is 5.91 Å². The van der Waals surface area contributed by atoms with Crippen molar-refractivity contribution in [2.75, 3.05) is 13.6 Å². The molecule has 0 unspecified atom stereocenters. The van der Waals surface area contributed by atoms with E-state index in [0.29, 0.717) is 18.2 Å². The summed E-state index contributed by atoms with van der Waals surface area (Å²) >= 11 is 0. The van der Waals surface area contributed by atoms with E-state index in [4.69, 9.17) is 0 Å². The lowest BCUT2D eigenvalue weighted by Crippen LogP contribution is -2.29. The molecule has 1 saturated carbocycles. The number of aromatic amines is 2. The maximum atomic E-state index is 12.4. The van der Waals surface area contributed by atoms with Crippen LogP contribution in [0.1, 0.15) is 51.9 Å². The van der Waals surface area contributed by atoms with E-state index >= 15 is 0 Å². The van der Waals surface area contributed by atoms with Gasteiger partial charge in [0.15, 0.2) is 0 Å². The Morgan fingerprint density at radius 3 is 2.71 bits per heavy atom. The third kappa shape index (κ3) is 2.84. The Morgan fingerprint density at radius 2 is 2.10 bits per heavy atom. The summed E-state index contributed by atoms with van der Waals surface area (Å²) in [4.78, 5) is 14.1. The van der Waals surface area contributed by atoms with Gasteiger partial charge in [-0.15, -0.1) is 0 Å². The van der Waals surface area contributed by atoms with Gasteiger partial charge in [0.1, 0.15) is 5.69 Å². The lowest BCUT2D eigenvalue weighted by molar-refractivity contribution is 0.0790. The molecular formula is C15H21N5O. The molecule has 0 aromatic carbocycles. The van der Waals surface area contributed by atoms with Crippen LogP contribution >= 0.6 is 0 Å². The van der Waals surface area contributed by atoms with Crippen molar-refractivity contribution in [3.05, 3.63) is 34.4 Å². The highest BCUT2D eigenvalue weighted by Crippen LogP contribution is 2.39. The van der Waals surface area contributed by atoms with Gasteiger partial charge in [0.25, 0.3) is 5.91 Å². The van der Waals surface area contributed by atoms with Gasteiger partial charge in [-0.1, -0.05) is 0 Å². The average Bonchev–Trinajstić information content (AvgIpc) is 3.12. The number of amides is 1. The number of hydrogen-bond donors (Lipinski definition) is 2. The summed E-state index contributed by atoms with van der Waals surface area (Å²) in [7, 11) is 1.82. The van der Waals surface area contributed by atoms with E-state index in [1.54, 1.807) is 4.90 Å². The number of aryl methyl sites for hydroxylation is 2. The SMILES string of the molecule is Cc1n[nH]c(C)c1CCN(C)C(=O)c1cc(C2CC2)[nH]n1. The van der Waals surface area contributed by atoms with E-state index in [1.807, 2.05) is 27.0 Å². The number of aromatic nitrogens is 4. The number of nitrogens with zero attached hydrogens (tertiary/aromatic N) is 3. The molecule has 0 radical (unpaired) electrons. The number of nitrogens with one attached hydrogen (secondary N) is 2. The zero-order chi connectivity index (χ0) is 15.0. The van der Waals surface area contributed by atoms with Crippen LogP contribution in [0.4, 0.5) is 0 Å². The monoisotopic (exact) mass is 287 g/mol. The molecule has 0 spiro atoms. The first-order chi connectivity index (χ1) is 10.1. The lowest BCUT2D eigenvalue weighted by atomic mass is 10.1. The van der Waals surface area contributed by atoms with Crippen LogP contribution in [0.15, 0.2) is 6.07 Å². The second-order valence-corrected chi connectivity index (χ2v) is 5.87. The minimum atomic E-state index is -0.0306. The molecular weight excluding hydrogens is 266 g/mol. The molecule has 6 nitrogen and oxygen atoms in total. The third-order valence-electron chi connectivity index (χ3n) is 4.16. The van der Waals surface area contributed by atoms with Crippen LogP contribution in [-0.4, -0.2) is 44.8 Å². The maximum absolute atomic E-state index is 12.4. The van der Waals surface area contributed by atoms with E-state index in [0.717, 1.165) is 23.5 Å². The predicted molar refractivity (Wildman–Crippen MR) is 79.3 cm³/mol. The first kappa shape index (κ1) is 13.9. The Labute approximate surface area is 123 Å². The molecule has 2 aromatic heterocycles. The zero-order valence-corrected chi connectivity index (χ0v) is 12.7. The van der Waals surface area contributed by atoms with E-state index in [9.17, 15) is 4.79 Å². The second kappa shape index (κ2) is 5.35. The average molecular weight is 287 g/mol. The van der Waals surface area contributed by atoms with Crippen molar-refractivity contribution < 1.29 is 4.79 Å². The van der Waals surface area contributed by atoms with Crippen molar-refractivity contribution in [1.29, 1.82) is 0 Å². The minimum Gasteiger partial charge on any atom is -0.340 e. The second-order valence-electron chi connectivity index (χ2n) is 5.87. The van der Waals surface area contributed by atoms with Crippen LogP contribution in [0, 0.1) is 13.8 Å². The van der Waals surface area contributed by atoms with Crippen molar-refractivity contribution in [2.24, 2.45) is 0 Å². The molecule has 1 aliphatic carbocycles. The van der Waals surface area contributed by atoms with Gasteiger partial charge in [-0.25, -0.2) is 0 Å². The Bertz CT molecular complexity index is 633. The fraction of sp³-hybridized carbons (Fsp3) is 0.533. The van der Waals surface area contributed by atoms with Gasteiger partial charge in [0, 0.05) is 30.9 Å². The molecule has 1 fully saturated rings. The van der Waals surface area contributed by atoms with Crippen LogP contribution in [0.25, 0.3) is 0 Å². The Kier molecular flexibility index (Phi) is 3.53. The number of carbonyl (C=O) groups excluding carboxylic acids is 1. The molecule has 0 saturated heterocycles. The van der Waals surface area contributed by atoms with Crippen molar-refractivity contribution in [2.45, 2.75) is 39.0 Å². The first-order valence-electron chi connectivity index (χ1n) is 7.37. The highest BCUT2D eigenvalue weighted by Gasteiger charge is 2.27. The standard InChI is InChI=1S/C15H21N5O/c1-9-12(10(2)17-16-9)6-7-20(3)15(21)14-8-13(18-19-14)11-4-5-11/h8,11H,4-7H2,1-3H3,(H,16,17)(H,18,19). The zero-order valence-electron chi connectivity index (χ0n) is 12.7. The molecule has 1 amide bonds. The smallest absolute Gasteiger partial charge is 0.274 e. The highest BCUT2D eigenvalue weighted by molar-refractivity contribution is 5.92. The van der Waals surface area contributed by atoms with Crippen molar-refractivity contribution in [3.63, 3.8) is 0 Å². The molecule has 0 bridgehead atoms. The molecule has 112 valence electrons. The molecule has 2 heterocycles. The number of carbonyl (C=O) groups is 1. The van der Waals surface area contributed by atoms with Gasteiger partial charge in [-0.05, 0) is 44.7 Å². The number of rotatable bonds is 5. The predicted octanol–water partition coefficient (Wildman–Crippen LogP) is 1.94. The largest absolute Gasteiger partial charge is 0.340 e. The Morgan fingerprint density at radius 1 is 1.33 bits per heavy atom. The molecule has 3 rings (SSSR count). The summed E-state index contributed by atoms with van der Waals surface area (Å²) in [5, 5.41) is 14.3. The van der Waals surface area contributed by atoms with Gasteiger partial charge < -0.3 is 4.90 Å². The summed E-state index contributed by atoms with van der Waals surface area (Å²) in [6.45, 7) is 4.65. The number of likely N-dealkylation sites (N-methyl/N-ethyl adjacent to an activating group) is 1. The Hall–Kier alpha value is -2.11. The van der Waals surface area contributed by atoms with E-state index < -0.39 is 0 Å². The van der Waals surface area contributed by atoms with Gasteiger partial charge in [0.05, 0.1) is 5.69 Å². The summed E-state index contributed by atoms with van der Waals surface area (Å²) in [6, 6.07) is 1.89. The van der Waals surface area contributed by atoms with Gasteiger partial charge in [0.2, 0.25) is 0 Å². The van der Waals surface area contributed by atoms with Crippen molar-refractivity contribution in [3.8, 4) is 0 Å². The quantitative estimate of drug-likeness (QED) is 0.882. The van der Waals surface area contributed by atoms with Crippen LogP contribution in [0.2, 0.25) is 0 Å². The van der Waals surface area contributed by atoms with Gasteiger partial charge >= 0.3 is 0 Å². The summed E-state index contributed by atoms with van der Waals surface area (Å²) < 4.78 is 0. The molecule has 6 heteroatoms. The van der Waals surface area contributed by atoms with E-state index in [2.05, 4.69) is 20.4 Å². The van der Waals surface area contributed by atoms with E-state index in [-0.39, 0.29) is 5.91 Å². The number of hydrogen-bond acceptors (Lipinski definition) is 3.